The van der Waals surface area contributed by atoms with Crippen molar-refractivity contribution < 1.29 is 23.4 Å². The third kappa shape index (κ3) is 26.7. The lowest BCUT2D eigenvalue weighted by Gasteiger charge is -2.26. The quantitative estimate of drug-likeness (QED) is 0.0185. The zero-order valence-corrected chi connectivity index (χ0v) is 85.8. The van der Waals surface area contributed by atoms with Gasteiger partial charge in [-0.05, 0) is 234 Å². The Kier molecular flexibility index (Phi) is 35.9. The monoisotopic (exact) mass is 1960 g/mol. The van der Waals surface area contributed by atoms with Crippen molar-refractivity contribution in [3.05, 3.63) is 310 Å². The SMILES string of the molecule is CCN(CC)CCOc1ccc(Nc2cc3c(cn2)cc(C(C)C)c(=O)n3C(C)C)nc1.CCN(CC)CCOc1ccc(Nc2cc3c(cn2)cc(C(C)C)c(=O)n3C2CC2)nc1.CCOC(=O)/C=C/c1cc2cnc(Nc3ccc(C)cn3)cc2n(CC)c1=O.CCn1c(=O)c(-c2ccccc2F)cc2cnc(Nc3ccc(C)cn3)cc21.CCn1c(=O)c(C2CCC2)cc2cnc(Nc3ccc(C)cn3)cc21. The molecule has 0 amide bonds. The lowest BCUT2D eigenvalue weighted by atomic mass is 9.80. The number of esters is 1. The second-order valence-electron chi connectivity index (χ2n) is 36.7. The Balaban J connectivity index is 0.000000144. The summed E-state index contributed by atoms with van der Waals surface area (Å²) in [4.78, 5) is 125. The highest BCUT2D eigenvalue weighted by atomic mass is 19.1. The summed E-state index contributed by atoms with van der Waals surface area (Å²) < 4.78 is 39.7. The van der Waals surface area contributed by atoms with Crippen molar-refractivity contribution in [3.63, 3.8) is 0 Å². The van der Waals surface area contributed by atoms with E-state index in [1.165, 1.54) is 24.6 Å². The van der Waals surface area contributed by atoms with E-state index in [0.29, 0.717) is 114 Å². The molecule has 0 aliphatic heterocycles. The van der Waals surface area contributed by atoms with E-state index in [4.69, 9.17) is 14.2 Å². The van der Waals surface area contributed by atoms with Crippen LogP contribution in [0.5, 0.6) is 11.5 Å². The maximum atomic E-state index is 14.2. The maximum Gasteiger partial charge on any atom is 0.330 e. The zero-order valence-electron chi connectivity index (χ0n) is 85.8. The third-order valence-corrected chi connectivity index (χ3v) is 25.5. The summed E-state index contributed by atoms with van der Waals surface area (Å²) >= 11 is 0. The second-order valence-corrected chi connectivity index (χ2v) is 36.7. The fraction of sp³-hybridized carbons (Fsp3) is 0.345. The number of aromatic nitrogens is 15. The normalized spacial score (nSPS) is 12.4. The molecule has 15 aromatic heterocycles. The van der Waals surface area contributed by atoms with Gasteiger partial charge >= 0.3 is 5.97 Å². The molecule has 2 aliphatic carbocycles. The van der Waals surface area contributed by atoms with Crippen LogP contribution in [0.2, 0.25) is 0 Å². The molecule has 0 bridgehead atoms. The first kappa shape index (κ1) is 105. The van der Waals surface area contributed by atoms with Crippen molar-refractivity contribution in [2.75, 3.05) is 85.7 Å². The summed E-state index contributed by atoms with van der Waals surface area (Å²) in [6.07, 6.45) is 26.0. The molecule has 754 valence electrons. The highest BCUT2D eigenvalue weighted by Gasteiger charge is 2.29. The Morgan fingerprint density at radius 1 is 0.407 bits per heavy atom. The molecule has 18 rings (SSSR count). The molecule has 2 aliphatic rings. The molecule has 0 atom stereocenters. The molecule has 32 heteroatoms. The number of benzene rings is 1. The molecule has 145 heavy (non-hydrogen) atoms. The molecule has 15 heterocycles. The molecule has 31 nitrogen and oxygen atoms in total. The number of ether oxygens (including phenoxy) is 3. The first-order valence-electron chi connectivity index (χ1n) is 50.1. The summed E-state index contributed by atoms with van der Waals surface area (Å²) in [5.41, 5.74) is 11.0. The third-order valence-electron chi connectivity index (χ3n) is 25.5. The summed E-state index contributed by atoms with van der Waals surface area (Å²) in [7, 11) is 0. The van der Waals surface area contributed by atoms with Crippen LogP contribution >= 0.6 is 0 Å². The predicted molar refractivity (Wildman–Crippen MR) is 580 cm³/mol. The predicted octanol–water partition coefficient (Wildman–Crippen LogP) is 21.9. The Morgan fingerprint density at radius 3 is 1.18 bits per heavy atom. The molecule has 2 fully saturated rings. The van der Waals surface area contributed by atoms with E-state index in [-0.39, 0.29) is 52.3 Å². The van der Waals surface area contributed by atoms with E-state index < -0.39 is 11.8 Å². The van der Waals surface area contributed by atoms with Gasteiger partial charge in [-0.2, -0.15) is 0 Å². The summed E-state index contributed by atoms with van der Waals surface area (Å²) in [6.45, 7) is 43.4. The van der Waals surface area contributed by atoms with Crippen molar-refractivity contribution >= 4 is 125 Å². The summed E-state index contributed by atoms with van der Waals surface area (Å²) in [5.74, 6) is 8.01. The van der Waals surface area contributed by atoms with Crippen molar-refractivity contribution in [2.45, 2.75) is 199 Å². The minimum Gasteiger partial charge on any atom is -0.491 e. The van der Waals surface area contributed by atoms with Crippen molar-refractivity contribution in [1.82, 2.24) is 82.5 Å². The van der Waals surface area contributed by atoms with E-state index in [1.807, 2.05) is 217 Å². The standard InChI is InChI=1S/C25H33N5O2.C25H35N5O2.C22H19FN4O.C21H22N4O3.C20H22N4O/c1-5-29(6-2)11-12-32-20-9-10-23(27-16-20)28-24-14-22-18(15-26-24)13-21(17(3)4)25(31)30(22)19-7-8-19;1-7-29(8-2)11-12-32-20-9-10-23(27-16-20)28-24-14-22-19(15-26-24)13-21(17(3)4)25(31)30(22)18(5)6;1-3-27-19-11-21(26-20-9-8-14(2)12-24-20)25-13-15(19)10-17(22(27)28)16-6-4-5-7-18(16)23;1-4-25-17-11-19(24-18-8-6-14(3)12-22-18)23-13-16(17)10-15(21(25)27)7-9-20(26)28-5-2;1-3-24-17-10-19(23-18-8-7-13(2)11-21-18)22-12-15(17)9-16(20(24)25)14-5-4-6-14/h9-10,13-17,19H,5-8,11-12H2,1-4H3,(H,26,27,28);9-10,13-18H,7-8,11-12H2,1-6H3,(H,26,27,28);4-13H,3H2,1-2H3,(H,24,25,26);6-13H,4-5H2,1-3H3,(H,22,23,24);7-12,14H,3-6H2,1-2H3,(H,21,22,23)/b;;;9-7+;. The minimum atomic E-state index is -0.478. The average molecular weight is 1960 g/mol. The zero-order chi connectivity index (χ0) is 103. The van der Waals surface area contributed by atoms with Gasteiger partial charge in [-0.3, -0.25) is 24.0 Å². The van der Waals surface area contributed by atoms with Gasteiger partial charge in [0.1, 0.15) is 88.7 Å². The summed E-state index contributed by atoms with van der Waals surface area (Å²) in [5, 5.41) is 20.5. The number of pyridine rings is 15. The maximum absolute atomic E-state index is 14.2. The lowest BCUT2D eigenvalue weighted by Crippen LogP contribution is -2.27. The number of halogens is 1. The van der Waals surface area contributed by atoms with Crippen molar-refractivity contribution in [1.29, 1.82) is 0 Å². The second kappa shape index (κ2) is 49.4. The molecule has 0 unspecified atom stereocenters. The van der Waals surface area contributed by atoms with Crippen LogP contribution in [0, 0.1) is 26.6 Å². The summed E-state index contributed by atoms with van der Waals surface area (Å²) in [6, 6.07) is 44.6. The van der Waals surface area contributed by atoms with E-state index in [0.717, 1.165) is 170 Å². The van der Waals surface area contributed by atoms with E-state index in [2.05, 4.69) is 128 Å². The molecular formula is C113H131FN22O9. The van der Waals surface area contributed by atoms with Crippen LogP contribution in [0.3, 0.4) is 0 Å². The molecule has 1 aromatic carbocycles. The van der Waals surface area contributed by atoms with Crippen LogP contribution < -0.4 is 63.9 Å². The fourth-order valence-electron chi connectivity index (χ4n) is 17.1. The fourth-order valence-corrected chi connectivity index (χ4v) is 17.1. The van der Waals surface area contributed by atoms with Gasteiger partial charge in [-0.1, -0.05) is 98.2 Å². The number of anilines is 10. The number of aryl methyl sites for hydroxylation is 6. The number of hydrogen-bond acceptors (Lipinski definition) is 26. The average Bonchev–Trinajstić information content (AvgIpc) is 1.70. The van der Waals surface area contributed by atoms with Gasteiger partial charge in [-0.25, -0.2) is 59.0 Å². The Bertz CT molecular complexity index is 7370. The smallest absolute Gasteiger partial charge is 0.330 e. The highest BCUT2D eigenvalue weighted by molar-refractivity contribution is 5.90. The number of nitrogens with zero attached hydrogens (tertiary/aromatic N) is 17. The highest BCUT2D eigenvalue weighted by Crippen LogP contribution is 2.39. The minimum absolute atomic E-state index is 0.0462. The van der Waals surface area contributed by atoms with E-state index >= 15 is 0 Å². The van der Waals surface area contributed by atoms with E-state index in [9.17, 15) is 33.2 Å². The first-order valence-corrected chi connectivity index (χ1v) is 50.1. The van der Waals surface area contributed by atoms with Gasteiger partial charge in [0, 0.05) is 186 Å². The van der Waals surface area contributed by atoms with Gasteiger partial charge in [0.15, 0.2) is 0 Å². The number of likely N-dealkylation sites (N-methyl/N-ethyl adjacent to an activating group) is 2. The van der Waals surface area contributed by atoms with Gasteiger partial charge in [0.05, 0.1) is 52.1 Å². The van der Waals surface area contributed by atoms with Crippen LogP contribution in [-0.4, -0.2) is 148 Å². The van der Waals surface area contributed by atoms with Crippen LogP contribution in [0.25, 0.3) is 71.7 Å². The molecule has 5 N–H and O–H groups in total. The Hall–Kier alpha value is -15.6. The van der Waals surface area contributed by atoms with Crippen molar-refractivity contribution in [2.24, 2.45) is 0 Å². The molecule has 0 radical (unpaired) electrons. The van der Waals surface area contributed by atoms with Crippen LogP contribution in [-0.2, 0) is 29.2 Å². The van der Waals surface area contributed by atoms with Crippen molar-refractivity contribution in [3.8, 4) is 22.6 Å². The number of hydrogen-bond donors (Lipinski definition) is 5. The number of nitrogens with one attached hydrogen (secondary N) is 5. The van der Waals surface area contributed by atoms with E-state index in [1.54, 1.807) is 83.6 Å². The topological polar surface area (TPSA) is 350 Å². The lowest BCUT2D eigenvalue weighted by molar-refractivity contribution is -0.137. The number of carbonyl (C=O) groups excluding carboxylic acids is 1. The molecule has 16 aromatic rings. The largest absolute Gasteiger partial charge is 0.491 e. The molecular weight excluding hydrogens is 1830 g/mol. The Labute approximate surface area is 843 Å². The molecule has 0 saturated heterocycles. The van der Waals surface area contributed by atoms with Gasteiger partial charge in [0.25, 0.3) is 27.8 Å². The number of fused-ring (bicyclic) bond motifs is 5. The van der Waals surface area contributed by atoms with Gasteiger partial charge in [-0.15, -0.1) is 0 Å². The van der Waals surface area contributed by atoms with Crippen LogP contribution in [0.15, 0.2) is 238 Å². The molecule has 0 spiro atoms. The van der Waals surface area contributed by atoms with Gasteiger partial charge < -0.3 is 73.4 Å². The number of rotatable bonds is 34. The number of carbonyl (C=O) groups is 1. The van der Waals surface area contributed by atoms with Crippen LogP contribution in [0.1, 0.15) is 198 Å². The first-order chi connectivity index (χ1) is 70.1. The molecule has 2 saturated carbocycles. The van der Waals surface area contributed by atoms with Gasteiger partial charge in [0.2, 0.25) is 0 Å². The van der Waals surface area contributed by atoms with Crippen LogP contribution in [0.4, 0.5) is 62.6 Å². The Morgan fingerprint density at radius 2 is 0.793 bits per heavy atom.